The molecule has 2 saturated carbocycles. The van der Waals surface area contributed by atoms with Gasteiger partial charge in [-0.1, -0.05) is 52.3 Å². The van der Waals surface area contributed by atoms with E-state index in [9.17, 15) is 19.8 Å². The number of aliphatic hydroxyl groups is 2. The van der Waals surface area contributed by atoms with E-state index in [1.165, 1.54) is 0 Å². The molecule has 2 N–H and O–H groups in total. The number of carbonyl (C=O) groups is 2. The van der Waals surface area contributed by atoms with Gasteiger partial charge >= 0.3 is 0 Å². The molecule has 1 spiro atoms. The van der Waals surface area contributed by atoms with Crippen LogP contribution < -0.4 is 0 Å². The van der Waals surface area contributed by atoms with Crippen molar-refractivity contribution in [2.45, 2.75) is 103 Å². The summed E-state index contributed by atoms with van der Waals surface area (Å²) in [5.74, 6) is 0.102. The minimum Gasteiger partial charge on any atom is -0.392 e. The van der Waals surface area contributed by atoms with Crippen LogP contribution in [0.4, 0.5) is 0 Å². The van der Waals surface area contributed by atoms with Gasteiger partial charge in [-0.15, -0.1) is 6.58 Å². The normalized spacial score (nSPS) is 51.9. The first-order chi connectivity index (χ1) is 15.0. The second kappa shape index (κ2) is 6.00. The van der Waals surface area contributed by atoms with Crippen LogP contribution in [0.2, 0.25) is 0 Å². The Hall–Kier alpha value is -1.50. The number of hydrogen-bond acceptors (Lipinski definition) is 5. The number of rotatable bonds is 2. The zero-order valence-electron chi connectivity index (χ0n) is 21.1. The molecule has 7 atom stereocenters. The molecule has 3 aliphatic carbocycles. The number of ketones is 1. The Bertz CT molecular complexity index is 1010. The molecule has 182 valence electrons. The van der Waals surface area contributed by atoms with Gasteiger partial charge in [0.1, 0.15) is 11.4 Å². The number of Topliss-reactive ketones (excluding diaryl/α,β-unsaturated/α-hetero) is 1. The molecule has 1 amide bonds. The van der Waals surface area contributed by atoms with Crippen LogP contribution in [0.3, 0.4) is 0 Å². The summed E-state index contributed by atoms with van der Waals surface area (Å²) in [5, 5.41) is 23.5. The molecule has 2 aliphatic heterocycles. The number of likely N-dealkylation sites (tertiary alicyclic amines) is 1. The Morgan fingerprint density at radius 3 is 2.33 bits per heavy atom. The molecular weight excluding hydrogens is 418 g/mol. The first-order valence-electron chi connectivity index (χ1n) is 12.3. The molecule has 4 fully saturated rings. The van der Waals surface area contributed by atoms with Crippen LogP contribution in [-0.2, 0) is 14.3 Å². The van der Waals surface area contributed by atoms with E-state index in [-0.39, 0.29) is 24.5 Å². The lowest BCUT2D eigenvalue weighted by Crippen LogP contribution is -2.95. The Balaban J connectivity index is 1.89. The van der Waals surface area contributed by atoms with Gasteiger partial charge in [0.25, 0.3) is 0 Å². The molecule has 0 aromatic carbocycles. The Labute approximate surface area is 197 Å². The summed E-state index contributed by atoms with van der Waals surface area (Å²) in [6, 6.07) is -0.479. The predicted molar refractivity (Wildman–Crippen MR) is 124 cm³/mol. The van der Waals surface area contributed by atoms with Crippen LogP contribution >= 0.6 is 0 Å². The molecule has 5 aliphatic rings. The first kappa shape index (κ1) is 23.3. The smallest absolute Gasteiger partial charge is 0.223 e. The van der Waals surface area contributed by atoms with Crippen molar-refractivity contribution < 1.29 is 24.5 Å². The van der Waals surface area contributed by atoms with Gasteiger partial charge < -0.3 is 19.8 Å². The standard InChI is InChI=1S/C27H39NO5/c1-9-23(6)14-19(30)27-22(4,5)26(32)15-18(29)21(2,3)16(24(26,27)7)13-17(25(27,8)33-23)28-12-10-11-20(28)31/h9,13,17-18,29,32H,1,10-12,14-15H2,2-8H3/t17-,18?,23-,24+,25+,26?,27-/m0/s1. The van der Waals surface area contributed by atoms with Crippen molar-refractivity contribution in [1.29, 1.82) is 0 Å². The lowest BCUT2D eigenvalue weighted by atomic mass is 9.18. The van der Waals surface area contributed by atoms with Crippen LogP contribution in [0.25, 0.3) is 0 Å². The van der Waals surface area contributed by atoms with Crippen LogP contribution in [0.5, 0.6) is 0 Å². The van der Waals surface area contributed by atoms with Crippen LogP contribution in [-0.4, -0.2) is 62.3 Å². The highest BCUT2D eigenvalue weighted by molar-refractivity contribution is 5.94. The van der Waals surface area contributed by atoms with Crippen molar-refractivity contribution in [3.8, 4) is 0 Å². The zero-order chi connectivity index (χ0) is 24.6. The number of amides is 1. The third-order valence-electron chi connectivity index (χ3n) is 11.0. The van der Waals surface area contributed by atoms with E-state index in [0.717, 1.165) is 12.0 Å². The summed E-state index contributed by atoms with van der Waals surface area (Å²) in [6.07, 6.45) is 4.59. The molecule has 2 unspecified atom stereocenters. The number of nitrogens with zero attached hydrogens (tertiary/aromatic N) is 1. The summed E-state index contributed by atoms with van der Waals surface area (Å²) >= 11 is 0. The van der Waals surface area contributed by atoms with Gasteiger partial charge in [-0.05, 0) is 20.3 Å². The fourth-order valence-electron chi connectivity index (χ4n) is 9.57. The highest BCUT2D eigenvalue weighted by Crippen LogP contribution is 2.87. The topological polar surface area (TPSA) is 87.1 Å². The van der Waals surface area contributed by atoms with Crippen molar-refractivity contribution in [3.05, 3.63) is 24.3 Å². The first-order valence-corrected chi connectivity index (χ1v) is 12.3. The average molecular weight is 458 g/mol. The molecule has 5 rings (SSSR count). The van der Waals surface area contributed by atoms with Gasteiger partial charge in [0.2, 0.25) is 5.91 Å². The Morgan fingerprint density at radius 2 is 1.79 bits per heavy atom. The summed E-state index contributed by atoms with van der Waals surface area (Å²) in [6.45, 7) is 18.3. The van der Waals surface area contributed by atoms with Gasteiger partial charge in [0.05, 0.1) is 28.8 Å². The summed E-state index contributed by atoms with van der Waals surface area (Å²) in [4.78, 5) is 29.4. The maximum absolute atomic E-state index is 14.5. The SMILES string of the molecule is C=C[C@@]1(C)CC(=O)[C@@]23C(C)(C)C4(O)CC(O)C(C)(C)C(=C[C@H](N5CCCC5=O)[C@@]2(C)O1)[C@]43C. The van der Waals surface area contributed by atoms with E-state index in [1.807, 2.05) is 53.4 Å². The van der Waals surface area contributed by atoms with Gasteiger partial charge in [-0.25, -0.2) is 0 Å². The van der Waals surface area contributed by atoms with Crippen molar-refractivity contribution in [2.75, 3.05) is 6.54 Å². The second-order valence-corrected chi connectivity index (χ2v) is 12.8. The molecule has 2 heterocycles. The highest BCUT2D eigenvalue weighted by atomic mass is 16.5. The van der Waals surface area contributed by atoms with Crippen molar-refractivity contribution in [3.63, 3.8) is 0 Å². The number of hydrogen-bond donors (Lipinski definition) is 2. The maximum atomic E-state index is 14.5. The fraction of sp³-hybridized carbons (Fsp3) is 0.778. The monoisotopic (exact) mass is 457 g/mol. The van der Waals surface area contributed by atoms with E-state index in [4.69, 9.17) is 4.74 Å². The fourth-order valence-corrected chi connectivity index (χ4v) is 9.57. The molecule has 0 bridgehead atoms. The maximum Gasteiger partial charge on any atom is 0.223 e. The van der Waals surface area contributed by atoms with Gasteiger partial charge in [-0.2, -0.15) is 0 Å². The van der Waals surface area contributed by atoms with Crippen LogP contribution in [0.15, 0.2) is 24.3 Å². The van der Waals surface area contributed by atoms with Crippen LogP contribution in [0.1, 0.15) is 74.1 Å². The minimum absolute atomic E-state index is 0.0465. The van der Waals surface area contributed by atoms with E-state index in [1.54, 1.807) is 6.08 Å². The van der Waals surface area contributed by atoms with Crippen molar-refractivity contribution >= 4 is 11.7 Å². The molecule has 6 heteroatoms. The predicted octanol–water partition coefficient (Wildman–Crippen LogP) is 3.16. The third-order valence-corrected chi connectivity index (χ3v) is 11.0. The summed E-state index contributed by atoms with van der Waals surface area (Å²) < 4.78 is 6.94. The lowest BCUT2D eigenvalue weighted by Gasteiger charge is -2.87. The van der Waals surface area contributed by atoms with E-state index in [2.05, 4.69) is 12.7 Å². The zero-order valence-corrected chi connectivity index (χ0v) is 21.1. The molecule has 33 heavy (non-hydrogen) atoms. The number of ether oxygens (including phenoxy) is 1. The highest BCUT2D eigenvalue weighted by Gasteiger charge is 2.94. The van der Waals surface area contributed by atoms with E-state index < -0.39 is 50.6 Å². The summed E-state index contributed by atoms with van der Waals surface area (Å²) in [5.41, 5.74) is -5.91. The van der Waals surface area contributed by atoms with Gasteiger partial charge in [-0.3, -0.25) is 9.59 Å². The largest absolute Gasteiger partial charge is 0.392 e. The second-order valence-electron chi connectivity index (χ2n) is 12.8. The van der Waals surface area contributed by atoms with Crippen molar-refractivity contribution in [2.24, 2.45) is 21.7 Å². The van der Waals surface area contributed by atoms with Crippen molar-refractivity contribution in [1.82, 2.24) is 4.90 Å². The number of aliphatic hydroxyl groups excluding tert-OH is 1. The Morgan fingerprint density at radius 1 is 1.15 bits per heavy atom. The molecule has 6 nitrogen and oxygen atoms in total. The molecule has 0 radical (unpaired) electrons. The van der Waals surface area contributed by atoms with Gasteiger partial charge in [0, 0.05) is 42.1 Å². The Kier molecular flexibility index (Phi) is 4.23. The lowest BCUT2D eigenvalue weighted by molar-refractivity contribution is -0.419. The van der Waals surface area contributed by atoms with Gasteiger partial charge in [0.15, 0.2) is 0 Å². The molecular formula is C27H39NO5. The van der Waals surface area contributed by atoms with Crippen LogP contribution in [0, 0.1) is 21.7 Å². The van der Waals surface area contributed by atoms with E-state index in [0.29, 0.717) is 13.0 Å². The average Bonchev–Trinajstić information content (AvgIpc) is 3.11. The molecule has 2 saturated heterocycles. The number of carbonyl (C=O) groups excluding carboxylic acids is 2. The molecule has 0 aromatic rings. The molecule has 0 aromatic heterocycles. The quantitative estimate of drug-likeness (QED) is 0.622. The van der Waals surface area contributed by atoms with E-state index >= 15 is 0 Å². The minimum atomic E-state index is -1.29. The third kappa shape index (κ3) is 2.03. The summed E-state index contributed by atoms with van der Waals surface area (Å²) in [7, 11) is 0.